The number of carbonyl (C=O) groups excluding carboxylic acids is 2. The molecule has 1 amide bonds. The van der Waals surface area contributed by atoms with Gasteiger partial charge >= 0.3 is 0 Å². The first-order valence-corrected chi connectivity index (χ1v) is 4.66. The number of hydrogen-bond acceptors (Lipinski definition) is 2. The fourth-order valence-corrected chi connectivity index (χ4v) is 1.61. The Morgan fingerprint density at radius 2 is 2.29 bits per heavy atom. The number of ketones is 1. The van der Waals surface area contributed by atoms with Gasteiger partial charge < -0.3 is 5.32 Å². The predicted octanol–water partition coefficient (Wildman–Crippen LogP) is 1.77. The SMILES string of the molecule is CCC(=O)c1ccc2c(c1)CC(=O)N2. The van der Waals surface area contributed by atoms with Gasteiger partial charge in [-0.15, -0.1) is 0 Å². The van der Waals surface area contributed by atoms with Crippen molar-refractivity contribution in [3.63, 3.8) is 0 Å². The molecule has 1 N–H and O–H groups in total. The van der Waals surface area contributed by atoms with Crippen molar-refractivity contribution < 1.29 is 9.59 Å². The van der Waals surface area contributed by atoms with E-state index in [0.29, 0.717) is 18.4 Å². The Balaban J connectivity index is 2.37. The van der Waals surface area contributed by atoms with Crippen molar-refractivity contribution in [2.24, 2.45) is 0 Å². The molecule has 2 rings (SSSR count). The minimum atomic E-state index is 0.00102. The molecular weight excluding hydrogens is 178 g/mol. The smallest absolute Gasteiger partial charge is 0.228 e. The van der Waals surface area contributed by atoms with Crippen LogP contribution in [0.25, 0.3) is 0 Å². The third kappa shape index (κ3) is 1.41. The maximum absolute atomic E-state index is 11.4. The molecule has 0 spiro atoms. The normalized spacial score (nSPS) is 13.6. The molecule has 0 bridgehead atoms. The van der Waals surface area contributed by atoms with Crippen LogP contribution in [0, 0.1) is 0 Å². The molecule has 0 saturated heterocycles. The number of hydrogen-bond donors (Lipinski definition) is 1. The van der Waals surface area contributed by atoms with E-state index in [2.05, 4.69) is 5.32 Å². The average Bonchev–Trinajstić information content (AvgIpc) is 2.55. The Morgan fingerprint density at radius 1 is 1.50 bits per heavy atom. The zero-order valence-electron chi connectivity index (χ0n) is 7.96. The number of carbonyl (C=O) groups is 2. The molecule has 3 heteroatoms. The van der Waals surface area contributed by atoms with Crippen LogP contribution in [0.2, 0.25) is 0 Å². The van der Waals surface area contributed by atoms with Gasteiger partial charge in [-0.05, 0) is 23.8 Å². The highest BCUT2D eigenvalue weighted by Crippen LogP contribution is 2.24. The van der Waals surface area contributed by atoms with Crippen LogP contribution in [0.3, 0.4) is 0 Å². The molecule has 14 heavy (non-hydrogen) atoms. The molecule has 1 aromatic carbocycles. The van der Waals surface area contributed by atoms with E-state index in [1.165, 1.54) is 0 Å². The maximum atomic E-state index is 11.4. The van der Waals surface area contributed by atoms with Crippen molar-refractivity contribution in [2.75, 3.05) is 5.32 Å². The van der Waals surface area contributed by atoms with Gasteiger partial charge in [-0.3, -0.25) is 9.59 Å². The second kappa shape index (κ2) is 3.25. The molecule has 3 nitrogen and oxygen atoms in total. The molecule has 72 valence electrons. The van der Waals surface area contributed by atoms with Gasteiger partial charge in [0.1, 0.15) is 0 Å². The lowest BCUT2D eigenvalue weighted by Crippen LogP contribution is -2.03. The molecule has 1 aliphatic rings. The summed E-state index contributed by atoms with van der Waals surface area (Å²) in [5, 5.41) is 2.73. The highest BCUT2D eigenvalue weighted by atomic mass is 16.1. The lowest BCUT2D eigenvalue weighted by atomic mass is 10.0. The standard InChI is InChI=1S/C11H11NO2/c1-2-10(13)7-3-4-9-8(5-7)6-11(14)12-9/h3-5H,2,6H2,1H3,(H,12,14). The third-order valence-corrected chi connectivity index (χ3v) is 2.37. The van der Waals surface area contributed by atoms with E-state index in [4.69, 9.17) is 0 Å². The van der Waals surface area contributed by atoms with Crippen molar-refractivity contribution in [1.29, 1.82) is 0 Å². The van der Waals surface area contributed by atoms with Crippen LogP contribution in [0.5, 0.6) is 0 Å². The first-order chi connectivity index (χ1) is 6.70. The maximum Gasteiger partial charge on any atom is 0.228 e. The predicted molar refractivity (Wildman–Crippen MR) is 53.4 cm³/mol. The van der Waals surface area contributed by atoms with Gasteiger partial charge in [0.05, 0.1) is 6.42 Å². The van der Waals surface area contributed by atoms with E-state index in [0.717, 1.165) is 11.3 Å². The lowest BCUT2D eigenvalue weighted by Gasteiger charge is -2.01. The molecule has 0 saturated carbocycles. The molecule has 0 atom stereocenters. The van der Waals surface area contributed by atoms with Crippen LogP contribution >= 0.6 is 0 Å². The highest BCUT2D eigenvalue weighted by Gasteiger charge is 2.18. The Morgan fingerprint density at radius 3 is 3.00 bits per heavy atom. The van der Waals surface area contributed by atoms with Crippen molar-refractivity contribution in [2.45, 2.75) is 19.8 Å². The third-order valence-electron chi connectivity index (χ3n) is 2.37. The highest BCUT2D eigenvalue weighted by molar-refractivity contribution is 6.02. The van der Waals surface area contributed by atoms with Crippen LogP contribution in [-0.4, -0.2) is 11.7 Å². The number of anilines is 1. The molecule has 0 fully saturated rings. The quantitative estimate of drug-likeness (QED) is 0.721. The Bertz CT molecular complexity index is 410. The van der Waals surface area contributed by atoms with Gasteiger partial charge in [0.25, 0.3) is 0 Å². The molecule has 0 unspecified atom stereocenters. The number of benzene rings is 1. The Hall–Kier alpha value is -1.64. The van der Waals surface area contributed by atoms with Gasteiger partial charge in [0.15, 0.2) is 5.78 Å². The summed E-state index contributed by atoms with van der Waals surface area (Å²) in [7, 11) is 0. The fourth-order valence-electron chi connectivity index (χ4n) is 1.61. The van der Waals surface area contributed by atoms with E-state index in [9.17, 15) is 9.59 Å². The van der Waals surface area contributed by atoms with Crippen LogP contribution in [-0.2, 0) is 11.2 Å². The summed E-state index contributed by atoms with van der Waals surface area (Å²) in [5.74, 6) is 0.119. The molecule has 0 aromatic heterocycles. The summed E-state index contributed by atoms with van der Waals surface area (Å²) in [5.41, 5.74) is 2.46. The first-order valence-electron chi connectivity index (χ1n) is 4.66. The summed E-state index contributed by atoms with van der Waals surface area (Å²) in [6, 6.07) is 5.36. The van der Waals surface area contributed by atoms with Crippen LogP contribution in [0.15, 0.2) is 18.2 Å². The number of fused-ring (bicyclic) bond motifs is 1. The largest absolute Gasteiger partial charge is 0.326 e. The zero-order chi connectivity index (χ0) is 10.1. The zero-order valence-corrected chi connectivity index (χ0v) is 7.96. The van der Waals surface area contributed by atoms with Crippen molar-refractivity contribution in [1.82, 2.24) is 0 Å². The Labute approximate surface area is 82.1 Å². The van der Waals surface area contributed by atoms with E-state index < -0.39 is 0 Å². The number of rotatable bonds is 2. The summed E-state index contributed by atoms with van der Waals surface area (Å²) in [6.45, 7) is 1.83. The van der Waals surface area contributed by atoms with Crippen molar-refractivity contribution in [3.05, 3.63) is 29.3 Å². The summed E-state index contributed by atoms with van der Waals surface area (Å²) < 4.78 is 0. The monoisotopic (exact) mass is 189 g/mol. The summed E-state index contributed by atoms with van der Waals surface area (Å²) in [6.07, 6.45) is 0.889. The molecule has 0 radical (unpaired) electrons. The first kappa shape index (κ1) is 8.94. The van der Waals surface area contributed by atoms with Gasteiger partial charge in [-0.25, -0.2) is 0 Å². The number of Topliss-reactive ketones (excluding diaryl/α,β-unsaturated/α-hetero) is 1. The molecule has 1 aromatic rings. The van der Waals surface area contributed by atoms with Gasteiger partial charge in [-0.2, -0.15) is 0 Å². The van der Waals surface area contributed by atoms with Crippen molar-refractivity contribution >= 4 is 17.4 Å². The van der Waals surface area contributed by atoms with Crippen molar-refractivity contribution in [3.8, 4) is 0 Å². The topological polar surface area (TPSA) is 46.2 Å². The van der Waals surface area contributed by atoms with E-state index in [1.807, 2.05) is 6.92 Å². The van der Waals surface area contributed by atoms with Gasteiger partial charge in [-0.1, -0.05) is 6.92 Å². The molecule has 1 aliphatic heterocycles. The molecule has 0 aliphatic carbocycles. The second-order valence-electron chi connectivity index (χ2n) is 3.37. The van der Waals surface area contributed by atoms with E-state index in [1.54, 1.807) is 18.2 Å². The Kier molecular flexibility index (Phi) is 2.08. The van der Waals surface area contributed by atoms with E-state index in [-0.39, 0.29) is 11.7 Å². The van der Waals surface area contributed by atoms with Crippen LogP contribution in [0.1, 0.15) is 29.3 Å². The summed E-state index contributed by atoms with van der Waals surface area (Å²) in [4.78, 5) is 22.4. The van der Waals surface area contributed by atoms with Crippen LogP contribution < -0.4 is 5.32 Å². The minimum Gasteiger partial charge on any atom is -0.326 e. The van der Waals surface area contributed by atoms with Gasteiger partial charge in [0.2, 0.25) is 5.91 Å². The molecule has 1 heterocycles. The van der Waals surface area contributed by atoms with Gasteiger partial charge in [0, 0.05) is 17.7 Å². The van der Waals surface area contributed by atoms with E-state index >= 15 is 0 Å². The number of amides is 1. The average molecular weight is 189 g/mol. The number of nitrogens with one attached hydrogen (secondary N) is 1. The second-order valence-corrected chi connectivity index (χ2v) is 3.37. The molecular formula is C11H11NO2. The van der Waals surface area contributed by atoms with Crippen LogP contribution in [0.4, 0.5) is 5.69 Å². The minimum absolute atomic E-state index is 0.00102. The lowest BCUT2D eigenvalue weighted by molar-refractivity contribution is -0.115. The fraction of sp³-hybridized carbons (Fsp3) is 0.273. The summed E-state index contributed by atoms with van der Waals surface area (Å²) >= 11 is 0.